The van der Waals surface area contributed by atoms with Crippen LogP contribution in [0.15, 0.2) is 30.3 Å². The Bertz CT molecular complexity index is 895. The SMILES string of the molecule is CC(C)c1ccc(Cc2cc(C3CC(O)[C@H](O)C(CO)O3)c3c(c2Cl)OCC3)cc1. The Kier molecular flexibility index (Phi) is 6.37. The summed E-state index contributed by atoms with van der Waals surface area (Å²) in [4.78, 5) is 0. The van der Waals surface area contributed by atoms with E-state index in [0.29, 0.717) is 29.7 Å². The molecule has 0 radical (unpaired) electrons. The van der Waals surface area contributed by atoms with Crippen LogP contribution in [-0.4, -0.2) is 46.8 Å². The number of hydrogen-bond donors (Lipinski definition) is 3. The van der Waals surface area contributed by atoms with Crippen LogP contribution in [0.4, 0.5) is 0 Å². The Hall–Kier alpha value is -1.63. The third-order valence-corrected chi connectivity index (χ3v) is 6.58. The minimum Gasteiger partial charge on any atom is -0.491 e. The largest absolute Gasteiger partial charge is 0.491 e. The molecule has 1 fully saturated rings. The van der Waals surface area contributed by atoms with Crippen molar-refractivity contribution in [1.82, 2.24) is 0 Å². The van der Waals surface area contributed by atoms with E-state index in [9.17, 15) is 15.3 Å². The van der Waals surface area contributed by atoms with Crippen LogP contribution < -0.4 is 4.74 Å². The van der Waals surface area contributed by atoms with E-state index in [1.165, 1.54) is 5.56 Å². The van der Waals surface area contributed by atoms with Crippen LogP contribution in [0.1, 0.15) is 60.1 Å². The van der Waals surface area contributed by atoms with E-state index in [0.717, 1.165) is 28.7 Å². The molecule has 2 aliphatic heterocycles. The molecule has 4 atom stereocenters. The van der Waals surface area contributed by atoms with E-state index in [2.05, 4.69) is 38.1 Å². The maximum atomic E-state index is 10.3. The first kappa shape index (κ1) is 21.6. The molecule has 2 aromatic rings. The molecule has 6 heteroatoms. The van der Waals surface area contributed by atoms with Gasteiger partial charge in [-0.1, -0.05) is 55.8 Å². The number of fused-ring (bicyclic) bond motifs is 1. The molecule has 0 bridgehead atoms. The van der Waals surface area contributed by atoms with Crippen LogP contribution in [0, 0.1) is 0 Å². The Morgan fingerprint density at radius 1 is 1.17 bits per heavy atom. The van der Waals surface area contributed by atoms with Crippen molar-refractivity contribution in [3.8, 4) is 5.75 Å². The zero-order valence-corrected chi connectivity index (χ0v) is 18.1. The van der Waals surface area contributed by atoms with Crippen LogP contribution in [0.25, 0.3) is 0 Å². The Labute approximate surface area is 182 Å². The maximum absolute atomic E-state index is 10.3. The third-order valence-electron chi connectivity index (χ3n) is 6.17. The number of benzene rings is 2. The highest BCUT2D eigenvalue weighted by Crippen LogP contribution is 2.44. The molecule has 162 valence electrons. The van der Waals surface area contributed by atoms with Gasteiger partial charge >= 0.3 is 0 Å². The van der Waals surface area contributed by atoms with E-state index in [4.69, 9.17) is 21.1 Å². The molecule has 0 aromatic heterocycles. The van der Waals surface area contributed by atoms with Gasteiger partial charge in [0.2, 0.25) is 0 Å². The van der Waals surface area contributed by atoms with E-state index in [-0.39, 0.29) is 13.0 Å². The number of rotatable bonds is 5. The molecular weight excluding hydrogens is 404 g/mol. The van der Waals surface area contributed by atoms with Crippen molar-refractivity contribution < 1.29 is 24.8 Å². The Morgan fingerprint density at radius 2 is 1.90 bits per heavy atom. The molecule has 4 rings (SSSR count). The van der Waals surface area contributed by atoms with Gasteiger partial charge in [0, 0.05) is 18.4 Å². The highest BCUT2D eigenvalue weighted by molar-refractivity contribution is 6.33. The Morgan fingerprint density at radius 3 is 2.57 bits per heavy atom. The summed E-state index contributed by atoms with van der Waals surface area (Å²) in [6.07, 6.45) is -1.68. The molecule has 5 nitrogen and oxygen atoms in total. The Balaban J connectivity index is 1.68. The number of halogens is 1. The van der Waals surface area contributed by atoms with Crippen molar-refractivity contribution in [3.63, 3.8) is 0 Å². The second-order valence-corrected chi connectivity index (χ2v) is 8.94. The highest BCUT2D eigenvalue weighted by Gasteiger charge is 2.39. The summed E-state index contributed by atoms with van der Waals surface area (Å²) in [6, 6.07) is 10.6. The average molecular weight is 433 g/mol. The van der Waals surface area contributed by atoms with Gasteiger partial charge in [0.15, 0.2) is 0 Å². The summed E-state index contributed by atoms with van der Waals surface area (Å²) in [5.74, 6) is 1.17. The number of ether oxygens (including phenoxy) is 2. The summed E-state index contributed by atoms with van der Waals surface area (Å²) in [7, 11) is 0. The minimum absolute atomic E-state index is 0.258. The molecule has 1 saturated heterocycles. The van der Waals surface area contributed by atoms with Gasteiger partial charge in [0.25, 0.3) is 0 Å². The molecule has 0 saturated carbocycles. The maximum Gasteiger partial charge on any atom is 0.141 e. The van der Waals surface area contributed by atoms with Crippen molar-refractivity contribution >= 4 is 11.6 Å². The zero-order valence-electron chi connectivity index (χ0n) is 17.3. The van der Waals surface area contributed by atoms with Gasteiger partial charge in [-0.15, -0.1) is 0 Å². The zero-order chi connectivity index (χ0) is 21.4. The first-order valence-corrected chi connectivity index (χ1v) is 10.9. The van der Waals surface area contributed by atoms with Crippen LogP contribution in [-0.2, 0) is 17.6 Å². The van der Waals surface area contributed by atoms with Gasteiger partial charge in [-0.2, -0.15) is 0 Å². The number of aliphatic hydroxyl groups is 3. The number of aliphatic hydroxyl groups excluding tert-OH is 3. The van der Waals surface area contributed by atoms with Gasteiger partial charge in [0.05, 0.1) is 30.4 Å². The van der Waals surface area contributed by atoms with E-state index >= 15 is 0 Å². The fourth-order valence-electron chi connectivity index (χ4n) is 4.37. The molecule has 0 aliphatic carbocycles. The fraction of sp³-hybridized carbons (Fsp3) is 0.500. The van der Waals surface area contributed by atoms with Crippen molar-refractivity contribution in [2.24, 2.45) is 0 Å². The molecule has 0 amide bonds. The molecule has 2 heterocycles. The van der Waals surface area contributed by atoms with E-state index < -0.39 is 24.4 Å². The minimum atomic E-state index is -1.10. The molecule has 2 aliphatic rings. The first-order chi connectivity index (χ1) is 14.4. The van der Waals surface area contributed by atoms with Crippen molar-refractivity contribution in [1.29, 1.82) is 0 Å². The standard InChI is InChI=1S/C24H29ClO5/c1-13(2)15-5-3-14(4-6-15)9-16-10-18(17-7-8-29-24(17)22(16)25)20-11-19(27)23(28)21(12-26)30-20/h3-6,10,13,19-21,23,26-28H,7-9,11-12H2,1-2H3/t19?,20?,21?,23-/m0/s1. The fourth-order valence-corrected chi connectivity index (χ4v) is 4.66. The van der Waals surface area contributed by atoms with Crippen LogP contribution in [0.5, 0.6) is 5.75 Å². The van der Waals surface area contributed by atoms with E-state index in [1.54, 1.807) is 0 Å². The summed E-state index contributed by atoms with van der Waals surface area (Å²) >= 11 is 6.71. The van der Waals surface area contributed by atoms with Crippen LogP contribution >= 0.6 is 11.6 Å². The topological polar surface area (TPSA) is 79.2 Å². The lowest BCUT2D eigenvalue weighted by Crippen LogP contribution is -2.47. The lowest BCUT2D eigenvalue weighted by Gasteiger charge is -2.37. The molecule has 30 heavy (non-hydrogen) atoms. The van der Waals surface area contributed by atoms with Gasteiger partial charge in [0.1, 0.15) is 18.0 Å². The van der Waals surface area contributed by atoms with Crippen molar-refractivity contribution in [3.05, 3.63) is 63.2 Å². The normalized spacial score (nSPS) is 26.0. The van der Waals surface area contributed by atoms with Crippen LogP contribution in [0.2, 0.25) is 5.02 Å². The predicted molar refractivity (Wildman–Crippen MR) is 115 cm³/mol. The summed E-state index contributed by atoms with van der Waals surface area (Å²) < 4.78 is 11.8. The summed E-state index contributed by atoms with van der Waals surface area (Å²) in [5, 5.41) is 30.5. The molecule has 0 spiro atoms. The lowest BCUT2D eigenvalue weighted by atomic mass is 9.88. The average Bonchev–Trinajstić information content (AvgIpc) is 3.23. The predicted octanol–water partition coefficient (Wildman–Crippen LogP) is 3.53. The van der Waals surface area contributed by atoms with Gasteiger partial charge in [-0.25, -0.2) is 0 Å². The first-order valence-electron chi connectivity index (χ1n) is 10.6. The summed E-state index contributed by atoms with van der Waals surface area (Å²) in [5.41, 5.74) is 5.29. The van der Waals surface area contributed by atoms with Crippen molar-refractivity contribution in [2.45, 2.75) is 63.4 Å². The molecule has 3 N–H and O–H groups in total. The van der Waals surface area contributed by atoms with Crippen molar-refractivity contribution in [2.75, 3.05) is 13.2 Å². The third kappa shape index (κ3) is 4.10. The van der Waals surface area contributed by atoms with Gasteiger partial charge in [-0.3, -0.25) is 0 Å². The molecular formula is C24H29ClO5. The highest BCUT2D eigenvalue weighted by atomic mass is 35.5. The van der Waals surface area contributed by atoms with Gasteiger partial charge in [-0.05, 0) is 34.6 Å². The quantitative estimate of drug-likeness (QED) is 0.673. The smallest absolute Gasteiger partial charge is 0.141 e. The monoisotopic (exact) mass is 432 g/mol. The van der Waals surface area contributed by atoms with E-state index in [1.807, 2.05) is 6.07 Å². The lowest BCUT2D eigenvalue weighted by molar-refractivity contribution is -0.181. The van der Waals surface area contributed by atoms with Gasteiger partial charge < -0.3 is 24.8 Å². The molecule has 2 aromatic carbocycles. The summed E-state index contributed by atoms with van der Waals surface area (Å²) in [6.45, 7) is 4.54. The molecule has 3 unspecified atom stereocenters. The second kappa shape index (κ2) is 8.85. The number of hydrogen-bond acceptors (Lipinski definition) is 5. The van der Waals surface area contributed by atoms with Crippen LogP contribution in [0.3, 0.4) is 0 Å². The second-order valence-electron chi connectivity index (χ2n) is 8.56.